The van der Waals surface area contributed by atoms with Gasteiger partial charge in [-0.1, -0.05) is 26.0 Å². The molecule has 5 heteroatoms. The van der Waals surface area contributed by atoms with Crippen LogP contribution in [-0.4, -0.2) is 18.9 Å². The lowest BCUT2D eigenvalue weighted by Crippen LogP contribution is -2.38. The molecule has 2 nitrogen and oxygen atoms in total. The molecule has 2 rings (SSSR count). The number of benzene rings is 1. The number of hydrogen-bond donors (Lipinski definition) is 1. The van der Waals surface area contributed by atoms with Crippen LogP contribution in [0.1, 0.15) is 36.2 Å². The number of rotatable bonds is 3. The molecule has 1 aromatic rings. The molecule has 1 N–H and O–H groups in total. The lowest BCUT2D eigenvalue weighted by molar-refractivity contribution is -0.137. The normalized spacial score (nSPS) is 23.3. The summed E-state index contributed by atoms with van der Waals surface area (Å²) in [4.78, 5) is 12.7. The van der Waals surface area contributed by atoms with Gasteiger partial charge in [-0.15, -0.1) is 0 Å². The molecule has 1 unspecified atom stereocenters. The molecular formula is C15H18F3NO. The minimum atomic E-state index is -4.37. The molecule has 0 bridgehead atoms. The van der Waals surface area contributed by atoms with Crippen molar-refractivity contribution in [2.75, 3.05) is 13.1 Å². The van der Waals surface area contributed by atoms with Crippen LogP contribution in [-0.2, 0) is 6.18 Å². The number of ketones is 1. The van der Waals surface area contributed by atoms with Crippen LogP contribution >= 0.6 is 0 Å². The van der Waals surface area contributed by atoms with Gasteiger partial charge in [0, 0.05) is 17.5 Å². The van der Waals surface area contributed by atoms with Gasteiger partial charge in [-0.05, 0) is 31.0 Å². The van der Waals surface area contributed by atoms with Crippen molar-refractivity contribution in [3.05, 3.63) is 35.4 Å². The monoisotopic (exact) mass is 285 g/mol. The van der Waals surface area contributed by atoms with Crippen molar-refractivity contribution in [3.63, 3.8) is 0 Å². The average Bonchev–Trinajstić information content (AvgIpc) is 2.87. The summed E-state index contributed by atoms with van der Waals surface area (Å²) in [7, 11) is 0. The molecule has 0 aliphatic carbocycles. The highest BCUT2D eigenvalue weighted by Crippen LogP contribution is 2.38. The van der Waals surface area contributed by atoms with Gasteiger partial charge in [0.05, 0.1) is 5.56 Å². The molecule has 1 saturated heterocycles. The fourth-order valence-corrected chi connectivity index (χ4v) is 2.76. The van der Waals surface area contributed by atoms with E-state index in [1.807, 2.05) is 13.8 Å². The Kier molecular flexibility index (Phi) is 3.91. The van der Waals surface area contributed by atoms with Crippen molar-refractivity contribution < 1.29 is 18.0 Å². The molecule has 0 amide bonds. The van der Waals surface area contributed by atoms with Crippen LogP contribution in [0.4, 0.5) is 13.2 Å². The maximum absolute atomic E-state index is 12.7. The number of alkyl halides is 3. The first-order valence-electron chi connectivity index (χ1n) is 6.70. The third kappa shape index (κ3) is 2.59. The Labute approximate surface area is 116 Å². The largest absolute Gasteiger partial charge is 0.416 e. The van der Waals surface area contributed by atoms with Crippen molar-refractivity contribution in [2.24, 2.45) is 11.3 Å². The van der Waals surface area contributed by atoms with E-state index in [2.05, 4.69) is 5.32 Å². The zero-order chi connectivity index (χ0) is 15.0. The van der Waals surface area contributed by atoms with Crippen molar-refractivity contribution in [1.82, 2.24) is 5.32 Å². The van der Waals surface area contributed by atoms with E-state index in [0.29, 0.717) is 12.1 Å². The second-order valence-electron chi connectivity index (χ2n) is 5.64. The summed E-state index contributed by atoms with van der Waals surface area (Å²) < 4.78 is 37.6. The summed E-state index contributed by atoms with van der Waals surface area (Å²) in [5, 5.41) is 3.18. The number of nitrogens with one attached hydrogen (secondary N) is 1. The number of hydrogen-bond acceptors (Lipinski definition) is 2. The van der Waals surface area contributed by atoms with E-state index in [-0.39, 0.29) is 11.7 Å². The Morgan fingerprint density at radius 2 is 1.85 bits per heavy atom. The Bertz CT molecular complexity index is 485. The van der Waals surface area contributed by atoms with Gasteiger partial charge in [0.15, 0.2) is 5.78 Å². The topological polar surface area (TPSA) is 29.1 Å². The lowest BCUT2D eigenvalue weighted by Gasteiger charge is -2.31. The van der Waals surface area contributed by atoms with Crippen LogP contribution in [0.5, 0.6) is 0 Å². The van der Waals surface area contributed by atoms with Gasteiger partial charge in [0.1, 0.15) is 0 Å². The highest BCUT2D eigenvalue weighted by Gasteiger charge is 2.44. The fraction of sp³-hybridized carbons (Fsp3) is 0.533. The number of carbonyl (C=O) groups is 1. The van der Waals surface area contributed by atoms with Gasteiger partial charge in [-0.25, -0.2) is 0 Å². The molecule has 0 radical (unpaired) electrons. The van der Waals surface area contributed by atoms with E-state index in [4.69, 9.17) is 0 Å². The van der Waals surface area contributed by atoms with E-state index in [1.54, 1.807) is 0 Å². The first-order valence-corrected chi connectivity index (χ1v) is 6.70. The molecule has 1 fully saturated rings. The van der Waals surface area contributed by atoms with Crippen molar-refractivity contribution in [3.8, 4) is 0 Å². The lowest BCUT2D eigenvalue weighted by atomic mass is 9.71. The molecule has 1 aliphatic rings. The Hall–Kier alpha value is -1.36. The number of Topliss-reactive ketones (excluding diaryl/α,β-unsaturated/α-hetero) is 1. The summed E-state index contributed by atoms with van der Waals surface area (Å²) in [5.41, 5.74) is -0.868. The van der Waals surface area contributed by atoms with E-state index in [9.17, 15) is 18.0 Å². The molecule has 20 heavy (non-hydrogen) atoms. The van der Waals surface area contributed by atoms with Crippen molar-refractivity contribution >= 4 is 5.78 Å². The third-order valence-electron chi connectivity index (χ3n) is 4.22. The molecular weight excluding hydrogens is 267 g/mol. The van der Waals surface area contributed by atoms with Crippen molar-refractivity contribution in [2.45, 2.75) is 26.4 Å². The predicted octanol–water partition coefficient (Wildman–Crippen LogP) is 3.52. The van der Waals surface area contributed by atoms with Gasteiger partial charge in [0.2, 0.25) is 0 Å². The molecule has 0 aromatic heterocycles. The van der Waals surface area contributed by atoms with Gasteiger partial charge >= 0.3 is 6.18 Å². The molecule has 1 aromatic carbocycles. The van der Waals surface area contributed by atoms with Crippen LogP contribution < -0.4 is 5.32 Å². The predicted molar refractivity (Wildman–Crippen MR) is 70.5 cm³/mol. The first-order chi connectivity index (χ1) is 9.27. The molecule has 1 aliphatic heterocycles. The highest BCUT2D eigenvalue weighted by molar-refractivity contribution is 6.01. The molecule has 1 atom stereocenters. The molecule has 110 valence electrons. The maximum atomic E-state index is 12.7. The van der Waals surface area contributed by atoms with Gasteiger partial charge in [-0.2, -0.15) is 13.2 Å². The van der Waals surface area contributed by atoms with E-state index >= 15 is 0 Å². The summed E-state index contributed by atoms with van der Waals surface area (Å²) >= 11 is 0. The number of halogens is 3. The van der Waals surface area contributed by atoms with Crippen molar-refractivity contribution in [1.29, 1.82) is 0 Å². The Balaban J connectivity index is 2.29. The zero-order valence-corrected chi connectivity index (χ0v) is 11.6. The summed E-state index contributed by atoms with van der Waals surface area (Å²) in [6.45, 7) is 5.32. The van der Waals surface area contributed by atoms with Crippen LogP contribution in [0.3, 0.4) is 0 Å². The van der Waals surface area contributed by atoms with Crippen LogP contribution in [0.2, 0.25) is 0 Å². The Morgan fingerprint density at radius 3 is 2.25 bits per heavy atom. The molecule has 0 spiro atoms. The Morgan fingerprint density at radius 1 is 1.25 bits per heavy atom. The highest BCUT2D eigenvalue weighted by atomic mass is 19.4. The van der Waals surface area contributed by atoms with Gasteiger partial charge in [0.25, 0.3) is 0 Å². The van der Waals surface area contributed by atoms with E-state index in [1.165, 1.54) is 12.1 Å². The average molecular weight is 285 g/mol. The fourth-order valence-electron chi connectivity index (χ4n) is 2.76. The minimum Gasteiger partial charge on any atom is -0.316 e. The quantitative estimate of drug-likeness (QED) is 0.861. The third-order valence-corrected chi connectivity index (χ3v) is 4.22. The van der Waals surface area contributed by atoms with Crippen LogP contribution in [0, 0.1) is 11.3 Å². The molecule has 1 heterocycles. The van der Waals surface area contributed by atoms with E-state index < -0.39 is 17.2 Å². The summed E-state index contributed by atoms with van der Waals surface area (Å²) in [6, 6.07) is 4.52. The summed E-state index contributed by atoms with van der Waals surface area (Å²) in [5.74, 6) is 0.0820. The SMILES string of the molecule is CC(C)C1(C(=O)c2ccc(C(F)(F)F)cc2)CCNC1. The molecule has 0 saturated carbocycles. The summed E-state index contributed by atoms with van der Waals surface area (Å²) in [6.07, 6.45) is -3.64. The van der Waals surface area contributed by atoms with Gasteiger partial charge in [-0.3, -0.25) is 4.79 Å². The van der Waals surface area contributed by atoms with Gasteiger partial charge < -0.3 is 5.32 Å². The zero-order valence-electron chi connectivity index (χ0n) is 11.6. The van der Waals surface area contributed by atoms with E-state index in [0.717, 1.165) is 25.1 Å². The first kappa shape index (κ1) is 15.0. The smallest absolute Gasteiger partial charge is 0.316 e. The maximum Gasteiger partial charge on any atom is 0.416 e. The standard InChI is InChI=1S/C15H18F3NO/c1-10(2)14(7-8-19-9-14)13(20)11-3-5-12(6-4-11)15(16,17)18/h3-6,10,19H,7-9H2,1-2H3. The van der Waals surface area contributed by atoms with Crippen LogP contribution in [0.25, 0.3) is 0 Å². The minimum absolute atomic E-state index is 0.0637. The second-order valence-corrected chi connectivity index (χ2v) is 5.64. The van der Waals surface area contributed by atoms with Crippen LogP contribution in [0.15, 0.2) is 24.3 Å². The second kappa shape index (κ2) is 5.20. The number of carbonyl (C=O) groups excluding carboxylic acids is 1.